The Bertz CT molecular complexity index is 598. The van der Waals surface area contributed by atoms with Crippen LogP contribution < -0.4 is 4.74 Å². The zero-order valence-electron chi connectivity index (χ0n) is 15.9. The Balaban J connectivity index is 0.00000100. The molecule has 2 atom stereocenters. The van der Waals surface area contributed by atoms with E-state index in [1.54, 1.807) is 18.3 Å². The molecule has 0 saturated heterocycles. The molecule has 0 aliphatic heterocycles. The fourth-order valence-electron chi connectivity index (χ4n) is 3.89. The monoisotopic (exact) mass is 328 g/mol. The van der Waals surface area contributed by atoms with Gasteiger partial charge in [-0.15, -0.1) is 0 Å². The molecular formula is C22H32O2. The lowest BCUT2D eigenvalue weighted by molar-refractivity contribution is 0.106. The molecule has 1 fully saturated rings. The third-order valence-electron chi connectivity index (χ3n) is 5.19. The van der Waals surface area contributed by atoms with Gasteiger partial charge in [0, 0.05) is 7.11 Å². The number of methoxy groups -OCH3 is 2. The van der Waals surface area contributed by atoms with Gasteiger partial charge in [0.25, 0.3) is 0 Å². The molecule has 0 radical (unpaired) electrons. The van der Waals surface area contributed by atoms with Crippen LogP contribution in [0.5, 0.6) is 5.75 Å². The second kappa shape index (κ2) is 9.08. The topological polar surface area (TPSA) is 18.5 Å². The molecule has 132 valence electrons. The van der Waals surface area contributed by atoms with Crippen molar-refractivity contribution in [1.29, 1.82) is 0 Å². The number of allylic oxidation sites excluding steroid dienone is 3. The van der Waals surface area contributed by atoms with Crippen molar-refractivity contribution >= 4 is 0 Å². The molecule has 0 N–H and O–H groups in total. The average Bonchev–Trinajstić information content (AvgIpc) is 3.06. The minimum Gasteiger partial charge on any atom is -0.497 e. The van der Waals surface area contributed by atoms with E-state index in [-0.39, 0.29) is 0 Å². The summed E-state index contributed by atoms with van der Waals surface area (Å²) in [4.78, 5) is 0. The largest absolute Gasteiger partial charge is 0.497 e. The molecule has 0 heterocycles. The smallest absolute Gasteiger partial charge is 0.119 e. The van der Waals surface area contributed by atoms with E-state index < -0.39 is 0 Å². The maximum absolute atomic E-state index is 5.61. The Hall–Kier alpha value is -1.54. The third kappa shape index (κ3) is 4.30. The van der Waals surface area contributed by atoms with Gasteiger partial charge in [0.05, 0.1) is 13.2 Å². The number of aryl methyl sites for hydroxylation is 1. The molecule has 2 unspecified atom stereocenters. The predicted molar refractivity (Wildman–Crippen MR) is 102 cm³/mol. The van der Waals surface area contributed by atoms with E-state index in [4.69, 9.17) is 9.47 Å². The maximum atomic E-state index is 5.61. The summed E-state index contributed by atoms with van der Waals surface area (Å²) in [5.41, 5.74) is 6.07. The molecule has 3 rings (SSSR count). The minimum atomic E-state index is 0.422. The van der Waals surface area contributed by atoms with Crippen molar-refractivity contribution in [1.82, 2.24) is 0 Å². The van der Waals surface area contributed by atoms with Crippen LogP contribution in [0.25, 0.3) is 0 Å². The van der Waals surface area contributed by atoms with Crippen molar-refractivity contribution in [2.24, 2.45) is 5.92 Å². The summed E-state index contributed by atoms with van der Waals surface area (Å²) in [6.45, 7) is 6.27. The number of hydrogen-bond acceptors (Lipinski definition) is 2. The third-order valence-corrected chi connectivity index (χ3v) is 5.19. The summed E-state index contributed by atoms with van der Waals surface area (Å²) >= 11 is 0. The normalized spacial score (nSPS) is 22.5. The van der Waals surface area contributed by atoms with E-state index >= 15 is 0 Å². The highest BCUT2D eigenvalue weighted by atomic mass is 16.5. The van der Waals surface area contributed by atoms with Gasteiger partial charge in [-0.25, -0.2) is 0 Å². The van der Waals surface area contributed by atoms with Gasteiger partial charge in [-0.05, 0) is 68.2 Å². The molecule has 0 bridgehead atoms. The van der Waals surface area contributed by atoms with Crippen molar-refractivity contribution < 1.29 is 9.47 Å². The second-order valence-electron chi connectivity index (χ2n) is 6.47. The first-order valence-corrected chi connectivity index (χ1v) is 9.26. The van der Waals surface area contributed by atoms with Gasteiger partial charge in [-0.3, -0.25) is 0 Å². The Morgan fingerprint density at radius 1 is 1.12 bits per heavy atom. The molecular weight excluding hydrogens is 296 g/mol. The number of rotatable bonds is 5. The molecule has 0 aromatic heterocycles. The summed E-state index contributed by atoms with van der Waals surface area (Å²) in [5.74, 6) is 1.67. The van der Waals surface area contributed by atoms with E-state index in [1.807, 2.05) is 27.0 Å². The van der Waals surface area contributed by atoms with Crippen molar-refractivity contribution in [3.05, 3.63) is 52.6 Å². The molecule has 2 heteroatoms. The van der Waals surface area contributed by atoms with Gasteiger partial charge in [-0.1, -0.05) is 43.2 Å². The van der Waals surface area contributed by atoms with Crippen molar-refractivity contribution in [3.63, 3.8) is 0 Å². The zero-order chi connectivity index (χ0) is 17.5. The number of benzene rings is 1. The van der Waals surface area contributed by atoms with Crippen LogP contribution in [-0.4, -0.2) is 20.3 Å². The molecule has 0 spiro atoms. The Labute approximate surface area is 147 Å². The first-order chi connectivity index (χ1) is 11.7. The van der Waals surface area contributed by atoms with Crippen LogP contribution in [0.4, 0.5) is 0 Å². The van der Waals surface area contributed by atoms with Crippen LogP contribution in [0.1, 0.15) is 52.0 Å². The minimum absolute atomic E-state index is 0.422. The van der Waals surface area contributed by atoms with Crippen LogP contribution in [0.2, 0.25) is 0 Å². The van der Waals surface area contributed by atoms with Crippen LogP contribution in [0, 0.1) is 5.92 Å². The Morgan fingerprint density at radius 3 is 2.62 bits per heavy atom. The van der Waals surface area contributed by atoms with E-state index in [2.05, 4.69) is 31.2 Å². The second-order valence-corrected chi connectivity index (χ2v) is 6.47. The number of fused-ring (bicyclic) bond motifs is 1. The summed E-state index contributed by atoms with van der Waals surface area (Å²) in [6.07, 6.45) is 8.56. The van der Waals surface area contributed by atoms with Gasteiger partial charge in [0.2, 0.25) is 0 Å². The summed E-state index contributed by atoms with van der Waals surface area (Å²) in [6, 6.07) is 8.43. The van der Waals surface area contributed by atoms with E-state index in [0.29, 0.717) is 12.0 Å². The average molecular weight is 328 g/mol. The first kappa shape index (κ1) is 18.8. The quantitative estimate of drug-likeness (QED) is 0.687. The Kier molecular flexibility index (Phi) is 7.11. The molecule has 2 aliphatic carbocycles. The number of ether oxygens (including phenoxy) is 2. The van der Waals surface area contributed by atoms with Crippen LogP contribution in [-0.2, 0) is 11.2 Å². The number of hydrogen-bond donors (Lipinski definition) is 0. The van der Waals surface area contributed by atoms with Crippen molar-refractivity contribution in [2.45, 2.75) is 59.0 Å². The summed E-state index contributed by atoms with van der Waals surface area (Å²) in [5, 5.41) is 0. The van der Waals surface area contributed by atoms with E-state index in [9.17, 15) is 0 Å². The maximum Gasteiger partial charge on any atom is 0.119 e. The lowest BCUT2D eigenvalue weighted by Crippen LogP contribution is -2.07. The molecule has 1 aromatic rings. The SMILES string of the molecule is CC.COc1cccc(CCC2=C3CC(OC)CC3CC=C2C)c1. The summed E-state index contributed by atoms with van der Waals surface area (Å²) < 4.78 is 10.9. The fraction of sp³-hybridized carbons (Fsp3) is 0.545. The lowest BCUT2D eigenvalue weighted by atomic mass is 9.83. The zero-order valence-corrected chi connectivity index (χ0v) is 15.9. The van der Waals surface area contributed by atoms with E-state index in [0.717, 1.165) is 25.0 Å². The molecule has 2 nitrogen and oxygen atoms in total. The first-order valence-electron chi connectivity index (χ1n) is 9.26. The summed E-state index contributed by atoms with van der Waals surface area (Å²) in [7, 11) is 3.57. The highest BCUT2D eigenvalue weighted by Crippen LogP contribution is 2.43. The highest BCUT2D eigenvalue weighted by Gasteiger charge is 2.32. The molecule has 1 aromatic carbocycles. The lowest BCUT2D eigenvalue weighted by Gasteiger charge is -2.22. The molecule has 1 saturated carbocycles. The highest BCUT2D eigenvalue weighted by molar-refractivity contribution is 5.41. The predicted octanol–water partition coefficient (Wildman–Crippen LogP) is 5.73. The molecule has 2 aliphatic rings. The van der Waals surface area contributed by atoms with E-state index in [1.165, 1.54) is 24.0 Å². The Morgan fingerprint density at radius 2 is 1.92 bits per heavy atom. The van der Waals surface area contributed by atoms with Gasteiger partial charge in [0.1, 0.15) is 5.75 Å². The van der Waals surface area contributed by atoms with Gasteiger partial charge < -0.3 is 9.47 Å². The van der Waals surface area contributed by atoms with Crippen LogP contribution >= 0.6 is 0 Å². The van der Waals surface area contributed by atoms with Crippen molar-refractivity contribution in [3.8, 4) is 5.75 Å². The van der Waals surface area contributed by atoms with Crippen molar-refractivity contribution in [2.75, 3.05) is 14.2 Å². The molecule has 0 amide bonds. The van der Waals surface area contributed by atoms with Gasteiger partial charge in [-0.2, -0.15) is 0 Å². The molecule has 24 heavy (non-hydrogen) atoms. The fourth-order valence-corrected chi connectivity index (χ4v) is 3.89. The van der Waals surface area contributed by atoms with Gasteiger partial charge in [0.15, 0.2) is 0 Å². The van der Waals surface area contributed by atoms with Crippen LogP contribution in [0.3, 0.4) is 0 Å². The van der Waals surface area contributed by atoms with Crippen LogP contribution in [0.15, 0.2) is 47.1 Å². The van der Waals surface area contributed by atoms with Gasteiger partial charge >= 0.3 is 0 Å². The standard InChI is InChI=1S/C20H26O2.C2H6/c1-14-7-9-16-12-18(22-3)13-20(16)19(14)10-8-15-5-4-6-17(11-15)21-2;1-2/h4-7,11,16,18H,8-10,12-13H2,1-3H3;1-2H3.